The van der Waals surface area contributed by atoms with Gasteiger partial charge in [0.2, 0.25) is 0 Å². The molecule has 3 heteroatoms. The van der Waals surface area contributed by atoms with Gasteiger partial charge in [-0.3, -0.25) is 4.90 Å². The third-order valence-electron chi connectivity index (χ3n) is 4.84. The van der Waals surface area contributed by atoms with E-state index in [1.54, 1.807) is 0 Å². The number of thiocarbonyl (C=S) groups is 1. The van der Waals surface area contributed by atoms with Gasteiger partial charge in [-0.1, -0.05) is 44.3 Å². The first-order valence-corrected chi connectivity index (χ1v) is 7.97. The highest BCUT2D eigenvalue weighted by atomic mass is 32.1. The molecule has 1 aliphatic rings. The second-order valence-electron chi connectivity index (χ2n) is 6.40. The maximum atomic E-state index is 5.71. The van der Waals surface area contributed by atoms with E-state index in [0.717, 1.165) is 23.9 Å². The Morgan fingerprint density at radius 1 is 1.30 bits per heavy atom. The minimum atomic E-state index is 0.481. The van der Waals surface area contributed by atoms with Crippen LogP contribution in [-0.4, -0.2) is 23.0 Å². The van der Waals surface area contributed by atoms with Gasteiger partial charge in [0.15, 0.2) is 0 Å². The van der Waals surface area contributed by atoms with Gasteiger partial charge >= 0.3 is 0 Å². The number of hydrogen-bond acceptors (Lipinski definition) is 2. The van der Waals surface area contributed by atoms with Gasteiger partial charge in [-0.2, -0.15) is 0 Å². The minimum Gasteiger partial charge on any atom is -0.389 e. The van der Waals surface area contributed by atoms with Crippen molar-refractivity contribution in [3.8, 4) is 0 Å². The zero-order chi connectivity index (χ0) is 14.7. The van der Waals surface area contributed by atoms with Gasteiger partial charge in [-0.05, 0) is 49.8 Å². The van der Waals surface area contributed by atoms with E-state index in [2.05, 4.69) is 37.9 Å². The number of benzene rings is 1. The molecule has 3 atom stereocenters. The Labute approximate surface area is 128 Å². The average molecular weight is 290 g/mol. The second-order valence-corrected chi connectivity index (χ2v) is 6.84. The van der Waals surface area contributed by atoms with Gasteiger partial charge in [-0.25, -0.2) is 0 Å². The maximum Gasteiger partial charge on any atom is 0.103 e. The Bertz CT molecular complexity index is 472. The lowest BCUT2D eigenvalue weighted by Gasteiger charge is -2.37. The molecule has 2 nitrogen and oxygen atoms in total. The highest BCUT2D eigenvalue weighted by Gasteiger charge is 2.26. The number of rotatable bonds is 4. The van der Waals surface area contributed by atoms with Crippen LogP contribution in [0.15, 0.2) is 24.3 Å². The SMILES string of the molecule is CC1CCC(N(C)Cc2cccc(C(N)=S)c2)CC1C. The van der Waals surface area contributed by atoms with Crippen LogP contribution in [0, 0.1) is 11.8 Å². The molecule has 1 fully saturated rings. The van der Waals surface area contributed by atoms with Gasteiger partial charge < -0.3 is 5.73 Å². The summed E-state index contributed by atoms with van der Waals surface area (Å²) < 4.78 is 0. The highest BCUT2D eigenvalue weighted by Crippen LogP contribution is 2.32. The molecular formula is C17H26N2S. The molecule has 1 aliphatic carbocycles. The van der Waals surface area contributed by atoms with Gasteiger partial charge in [0.1, 0.15) is 4.99 Å². The van der Waals surface area contributed by atoms with E-state index in [1.165, 1.54) is 24.8 Å². The summed E-state index contributed by atoms with van der Waals surface area (Å²) in [6.45, 7) is 5.74. The van der Waals surface area contributed by atoms with Crippen molar-refractivity contribution in [2.75, 3.05) is 7.05 Å². The van der Waals surface area contributed by atoms with Crippen LogP contribution in [0.2, 0.25) is 0 Å². The summed E-state index contributed by atoms with van der Waals surface area (Å²) in [5.74, 6) is 1.71. The molecule has 0 saturated heterocycles. The number of nitrogens with two attached hydrogens (primary N) is 1. The summed E-state index contributed by atoms with van der Waals surface area (Å²) >= 11 is 5.05. The Balaban J connectivity index is 1.99. The van der Waals surface area contributed by atoms with Crippen molar-refractivity contribution in [3.05, 3.63) is 35.4 Å². The first-order valence-electron chi connectivity index (χ1n) is 7.56. The van der Waals surface area contributed by atoms with Crippen LogP contribution in [0.1, 0.15) is 44.2 Å². The van der Waals surface area contributed by atoms with Crippen molar-refractivity contribution in [2.45, 2.75) is 45.7 Å². The molecule has 3 unspecified atom stereocenters. The van der Waals surface area contributed by atoms with E-state index in [1.807, 2.05) is 12.1 Å². The summed E-state index contributed by atoms with van der Waals surface area (Å²) in [5.41, 5.74) is 7.97. The van der Waals surface area contributed by atoms with Crippen molar-refractivity contribution in [1.29, 1.82) is 0 Å². The van der Waals surface area contributed by atoms with Crippen LogP contribution in [-0.2, 0) is 6.54 Å². The number of hydrogen-bond donors (Lipinski definition) is 1. The van der Waals surface area contributed by atoms with Crippen molar-refractivity contribution in [2.24, 2.45) is 17.6 Å². The lowest BCUT2D eigenvalue weighted by atomic mass is 9.78. The van der Waals surface area contributed by atoms with Crippen LogP contribution in [0.5, 0.6) is 0 Å². The Hall–Kier alpha value is -0.930. The molecule has 1 saturated carbocycles. The van der Waals surface area contributed by atoms with Crippen LogP contribution in [0.3, 0.4) is 0 Å². The van der Waals surface area contributed by atoms with Crippen molar-refractivity contribution in [1.82, 2.24) is 4.90 Å². The molecule has 0 heterocycles. The minimum absolute atomic E-state index is 0.481. The largest absolute Gasteiger partial charge is 0.389 e. The van der Waals surface area contributed by atoms with Gasteiger partial charge in [0.25, 0.3) is 0 Å². The summed E-state index contributed by atoms with van der Waals surface area (Å²) in [6, 6.07) is 9.01. The monoisotopic (exact) mass is 290 g/mol. The lowest BCUT2D eigenvalue weighted by Crippen LogP contribution is -2.37. The smallest absolute Gasteiger partial charge is 0.103 e. The van der Waals surface area contributed by atoms with Crippen LogP contribution in [0.25, 0.3) is 0 Å². The molecule has 1 aromatic rings. The van der Waals surface area contributed by atoms with Crippen LogP contribution >= 0.6 is 12.2 Å². The van der Waals surface area contributed by atoms with Gasteiger partial charge in [0.05, 0.1) is 0 Å². The van der Waals surface area contributed by atoms with E-state index >= 15 is 0 Å². The molecular weight excluding hydrogens is 264 g/mol. The fraction of sp³-hybridized carbons (Fsp3) is 0.588. The maximum absolute atomic E-state index is 5.71. The third-order valence-corrected chi connectivity index (χ3v) is 5.07. The molecule has 0 radical (unpaired) electrons. The predicted octanol–water partition coefficient (Wildman–Crippen LogP) is 3.58. The molecule has 0 aromatic heterocycles. The fourth-order valence-corrected chi connectivity index (χ4v) is 3.29. The molecule has 0 amide bonds. The van der Waals surface area contributed by atoms with Crippen molar-refractivity contribution in [3.63, 3.8) is 0 Å². The second kappa shape index (κ2) is 6.68. The Morgan fingerprint density at radius 2 is 2.05 bits per heavy atom. The third kappa shape index (κ3) is 3.80. The fourth-order valence-electron chi connectivity index (χ4n) is 3.16. The van der Waals surface area contributed by atoms with Crippen molar-refractivity contribution < 1.29 is 0 Å². The first-order chi connectivity index (χ1) is 9.47. The zero-order valence-electron chi connectivity index (χ0n) is 12.8. The van der Waals surface area contributed by atoms with Crippen LogP contribution < -0.4 is 5.73 Å². The quantitative estimate of drug-likeness (QED) is 0.860. The van der Waals surface area contributed by atoms with Gasteiger partial charge in [-0.15, -0.1) is 0 Å². The molecule has 1 aromatic carbocycles. The van der Waals surface area contributed by atoms with E-state index in [9.17, 15) is 0 Å². The summed E-state index contributed by atoms with van der Waals surface area (Å²) in [7, 11) is 2.24. The molecule has 20 heavy (non-hydrogen) atoms. The van der Waals surface area contributed by atoms with Crippen molar-refractivity contribution >= 4 is 17.2 Å². The standard InChI is InChI=1S/C17H26N2S/c1-12-7-8-16(9-13(12)2)19(3)11-14-5-4-6-15(10-14)17(18)20/h4-6,10,12-13,16H,7-9,11H2,1-3H3,(H2,18,20). The molecule has 0 aliphatic heterocycles. The normalized spacial score (nSPS) is 26.7. The zero-order valence-corrected chi connectivity index (χ0v) is 13.6. The topological polar surface area (TPSA) is 29.3 Å². The predicted molar refractivity (Wildman–Crippen MR) is 89.8 cm³/mol. The molecule has 0 spiro atoms. The summed E-state index contributed by atoms with van der Waals surface area (Å²) in [5, 5.41) is 0. The number of nitrogens with zero attached hydrogens (tertiary/aromatic N) is 1. The Morgan fingerprint density at radius 3 is 2.70 bits per heavy atom. The van der Waals surface area contributed by atoms with Gasteiger partial charge in [0, 0.05) is 18.2 Å². The lowest BCUT2D eigenvalue weighted by molar-refractivity contribution is 0.126. The molecule has 2 rings (SSSR count). The van der Waals surface area contributed by atoms with E-state index in [-0.39, 0.29) is 0 Å². The average Bonchev–Trinajstić information content (AvgIpc) is 2.42. The first kappa shape index (κ1) is 15.5. The van der Waals surface area contributed by atoms with Crippen LogP contribution in [0.4, 0.5) is 0 Å². The molecule has 2 N–H and O–H groups in total. The summed E-state index contributed by atoms with van der Waals surface area (Å²) in [6.07, 6.45) is 3.98. The summed E-state index contributed by atoms with van der Waals surface area (Å²) in [4.78, 5) is 2.97. The highest BCUT2D eigenvalue weighted by molar-refractivity contribution is 7.80. The molecule has 0 bridgehead atoms. The molecule has 110 valence electrons. The Kier molecular flexibility index (Phi) is 5.17. The van der Waals surface area contributed by atoms with E-state index in [0.29, 0.717) is 11.0 Å². The van der Waals surface area contributed by atoms with E-state index in [4.69, 9.17) is 18.0 Å². The van der Waals surface area contributed by atoms with E-state index < -0.39 is 0 Å².